The van der Waals surface area contributed by atoms with Crippen molar-refractivity contribution >= 4 is 28.5 Å². The summed E-state index contributed by atoms with van der Waals surface area (Å²) < 4.78 is 0. The van der Waals surface area contributed by atoms with E-state index in [1.165, 1.54) is 0 Å². The number of nitrogens with two attached hydrogens (primary N) is 1. The molecule has 2 heterocycles. The summed E-state index contributed by atoms with van der Waals surface area (Å²) in [5.41, 5.74) is 9.65. The number of pyridine rings is 1. The largest absolute Gasteiger partial charge is 0.399 e. The predicted molar refractivity (Wildman–Crippen MR) is 73.5 cm³/mol. The van der Waals surface area contributed by atoms with E-state index in [1.807, 2.05) is 25.1 Å². The van der Waals surface area contributed by atoms with Gasteiger partial charge in [0, 0.05) is 16.9 Å². The first-order chi connectivity index (χ1) is 8.63. The van der Waals surface area contributed by atoms with Gasteiger partial charge in [-0.3, -0.25) is 0 Å². The Balaban J connectivity index is 2.19. The smallest absolute Gasteiger partial charge is 0.178 e. The monoisotopic (exact) mass is 258 g/mol. The number of aromatic amines is 1. The number of H-pyrrole nitrogens is 1. The first kappa shape index (κ1) is 11.0. The average Bonchev–Trinajstić information content (AvgIpc) is 2.71. The van der Waals surface area contributed by atoms with Gasteiger partial charge in [0.1, 0.15) is 5.82 Å². The van der Waals surface area contributed by atoms with E-state index in [9.17, 15) is 0 Å². The van der Waals surface area contributed by atoms with Gasteiger partial charge < -0.3 is 10.7 Å². The molecular weight excluding hydrogens is 248 g/mol. The molecular formula is C13H11ClN4. The quantitative estimate of drug-likeness (QED) is 0.659. The minimum atomic E-state index is 0.575. The van der Waals surface area contributed by atoms with Crippen molar-refractivity contribution in [3.05, 3.63) is 41.0 Å². The number of hydrogen-bond donors (Lipinski definition) is 2. The zero-order valence-corrected chi connectivity index (χ0v) is 10.5. The Morgan fingerprint density at radius 3 is 2.78 bits per heavy atom. The molecule has 1 aromatic carbocycles. The summed E-state index contributed by atoms with van der Waals surface area (Å²) in [6.07, 6.45) is 0. The highest BCUT2D eigenvalue weighted by Gasteiger charge is 2.09. The Morgan fingerprint density at radius 2 is 2.00 bits per heavy atom. The van der Waals surface area contributed by atoms with Crippen molar-refractivity contribution in [2.24, 2.45) is 0 Å². The Hall–Kier alpha value is -2.07. The molecule has 0 bridgehead atoms. The number of halogens is 1. The van der Waals surface area contributed by atoms with E-state index in [4.69, 9.17) is 17.3 Å². The molecule has 5 heteroatoms. The highest BCUT2D eigenvalue weighted by Crippen LogP contribution is 2.28. The van der Waals surface area contributed by atoms with Crippen LogP contribution in [0.3, 0.4) is 0 Å². The number of anilines is 1. The minimum absolute atomic E-state index is 0.575. The average molecular weight is 259 g/mol. The van der Waals surface area contributed by atoms with E-state index in [0.717, 1.165) is 16.8 Å². The number of aryl methyl sites for hydroxylation is 1. The molecule has 0 aliphatic heterocycles. The minimum Gasteiger partial charge on any atom is -0.399 e. The van der Waals surface area contributed by atoms with Crippen LogP contribution in [0.4, 0.5) is 5.69 Å². The van der Waals surface area contributed by atoms with Crippen LogP contribution in [0.1, 0.15) is 5.69 Å². The molecule has 0 amide bonds. The molecule has 4 nitrogen and oxygen atoms in total. The summed E-state index contributed by atoms with van der Waals surface area (Å²) in [5.74, 6) is 0.702. The van der Waals surface area contributed by atoms with Gasteiger partial charge in [0.05, 0.1) is 10.5 Å². The van der Waals surface area contributed by atoms with Crippen LogP contribution in [0.5, 0.6) is 0 Å². The van der Waals surface area contributed by atoms with Crippen LogP contribution in [0.2, 0.25) is 5.02 Å². The van der Waals surface area contributed by atoms with Crippen LogP contribution in [0.15, 0.2) is 30.3 Å². The number of nitrogens with zero attached hydrogens (tertiary/aromatic N) is 2. The van der Waals surface area contributed by atoms with Gasteiger partial charge >= 0.3 is 0 Å². The van der Waals surface area contributed by atoms with Gasteiger partial charge in [-0.2, -0.15) is 0 Å². The van der Waals surface area contributed by atoms with Crippen molar-refractivity contribution in [1.29, 1.82) is 0 Å². The molecule has 18 heavy (non-hydrogen) atoms. The molecule has 0 aliphatic rings. The Kier molecular flexibility index (Phi) is 2.45. The molecule has 0 saturated carbocycles. The lowest BCUT2D eigenvalue weighted by molar-refractivity contribution is 1.22. The molecule has 3 aromatic rings. The molecule has 0 unspecified atom stereocenters. The number of imidazole rings is 1. The maximum absolute atomic E-state index is 6.16. The van der Waals surface area contributed by atoms with Crippen molar-refractivity contribution in [2.45, 2.75) is 6.92 Å². The van der Waals surface area contributed by atoms with Gasteiger partial charge in [0.25, 0.3) is 0 Å². The molecule has 0 aliphatic carbocycles. The van der Waals surface area contributed by atoms with E-state index in [-0.39, 0.29) is 0 Å². The molecule has 0 saturated heterocycles. The van der Waals surface area contributed by atoms with Gasteiger partial charge in [-0.15, -0.1) is 0 Å². The molecule has 0 atom stereocenters. The number of fused-ring (bicyclic) bond motifs is 1. The van der Waals surface area contributed by atoms with Gasteiger partial charge in [-0.05, 0) is 37.3 Å². The Morgan fingerprint density at radius 1 is 1.17 bits per heavy atom. The fraction of sp³-hybridized carbons (Fsp3) is 0.0769. The third-order valence-electron chi connectivity index (χ3n) is 2.73. The van der Waals surface area contributed by atoms with Crippen LogP contribution in [-0.4, -0.2) is 15.0 Å². The van der Waals surface area contributed by atoms with Gasteiger partial charge in [-0.1, -0.05) is 11.6 Å². The number of nitrogens with one attached hydrogen (secondary N) is 1. The number of aromatic nitrogens is 3. The standard InChI is InChI=1S/C13H11ClN4/c1-7-2-5-11-13(16-7)18-12(17-11)9-4-3-8(15)6-10(9)14/h2-6H,15H2,1H3,(H,16,17,18). The summed E-state index contributed by atoms with van der Waals surface area (Å²) in [4.78, 5) is 12.0. The summed E-state index contributed by atoms with van der Waals surface area (Å²) >= 11 is 6.16. The van der Waals surface area contributed by atoms with Crippen LogP contribution in [0.25, 0.3) is 22.6 Å². The summed E-state index contributed by atoms with van der Waals surface area (Å²) in [6.45, 7) is 1.93. The zero-order chi connectivity index (χ0) is 12.7. The van der Waals surface area contributed by atoms with Crippen LogP contribution >= 0.6 is 11.6 Å². The molecule has 0 radical (unpaired) electrons. The maximum Gasteiger partial charge on any atom is 0.178 e. The summed E-state index contributed by atoms with van der Waals surface area (Å²) in [7, 11) is 0. The van der Waals surface area contributed by atoms with Crippen molar-refractivity contribution in [1.82, 2.24) is 15.0 Å². The summed E-state index contributed by atoms with van der Waals surface area (Å²) in [6, 6.07) is 9.26. The fourth-order valence-corrected chi connectivity index (χ4v) is 2.12. The molecule has 3 rings (SSSR count). The van der Waals surface area contributed by atoms with Gasteiger partial charge in [0.15, 0.2) is 5.65 Å². The highest BCUT2D eigenvalue weighted by molar-refractivity contribution is 6.33. The van der Waals surface area contributed by atoms with Crippen molar-refractivity contribution < 1.29 is 0 Å². The van der Waals surface area contributed by atoms with Crippen molar-refractivity contribution in [2.75, 3.05) is 5.73 Å². The van der Waals surface area contributed by atoms with Crippen LogP contribution in [0, 0.1) is 6.92 Å². The molecule has 0 spiro atoms. The van der Waals surface area contributed by atoms with Crippen LogP contribution < -0.4 is 5.73 Å². The topological polar surface area (TPSA) is 67.6 Å². The lowest BCUT2D eigenvalue weighted by Crippen LogP contribution is -1.87. The lowest BCUT2D eigenvalue weighted by Gasteiger charge is -2.01. The lowest BCUT2D eigenvalue weighted by atomic mass is 10.2. The predicted octanol–water partition coefficient (Wildman–Crippen LogP) is 3.17. The number of hydrogen-bond acceptors (Lipinski definition) is 3. The first-order valence-corrected chi connectivity index (χ1v) is 5.90. The second-order valence-corrected chi connectivity index (χ2v) is 4.56. The SMILES string of the molecule is Cc1ccc2[nH]c(-c3ccc(N)cc3Cl)nc2n1. The van der Waals surface area contributed by atoms with E-state index in [0.29, 0.717) is 22.2 Å². The molecule has 2 aromatic heterocycles. The third kappa shape index (κ3) is 1.80. The molecule has 3 N–H and O–H groups in total. The van der Waals surface area contributed by atoms with Crippen molar-refractivity contribution in [3.63, 3.8) is 0 Å². The zero-order valence-electron chi connectivity index (χ0n) is 9.74. The first-order valence-electron chi connectivity index (χ1n) is 5.52. The van der Waals surface area contributed by atoms with E-state index < -0.39 is 0 Å². The Labute approximate surface area is 109 Å². The molecule has 0 fully saturated rings. The van der Waals surface area contributed by atoms with Crippen LogP contribution in [-0.2, 0) is 0 Å². The second-order valence-electron chi connectivity index (χ2n) is 4.15. The Bertz CT molecular complexity index is 733. The van der Waals surface area contributed by atoms with E-state index in [2.05, 4.69) is 15.0 Å². The normalized spacial score (nSPS) is 11.0. The van der Waals surface area contributed by atoms with E-state index in [1.54, 1.807) is 12.1 Å². The highest BCUT2D eigenvalue weighted by atomic mass is 35.5. The third-order valence-corrected chi connectivity index (χ3v) is 3.05. The second kappa shape index (κ2) is 3.99. The maximum atomic E-state index is 6.16. The number of rotatable bonds is 1. The van der Waals surface area contributed by atoms with Gasteiger partial charge in [0.2, 0.25) is 0 Å². The summed E-state index contributed by atoms with van der Waals surface area (Å²) in [5, 5.41) is 0.575. The number of benzene rings is 1. The molecule has 90 valence electrons. The van der Waals surface area contributed by atoms with Crippen molar-refractivity contribution in [3.8, 4) is 11.4 Å². The number of nitrogen functional groups attached to an aromatic ring is 1. The van der Waals surface area contributed by atoms with Gasteiger partial charge in [-0.25, -0.2) is 9.97 Å². The fourth-order valence-electron chi connectivity index (χ4n) is 1.84. The van der Waals surface area contributed by atoms with E-state index >= 15 is 0 Å².